The number of carbonyl (C=O) groups is 1. The lowest BCUT2D eigenvalue weighted by molar-refractivity contribution is -0.141. The fourth-order valence-electron chi connectivity index (χ4n) is 2.24. The number of ether oxygens (including phenoxy) is 1. The number of rotatable bonds is 5. The van der Waals surface area contributed by atoms with Crippen molar-refractivity contribution in [1.82, 2.24) is 9.03 Å². The highest BCUT2D eigenvalue weighted by molar-refractivity contribution is 7.87. The molecule has 0 amide bonds. The highest BCUT2D eigenvalue weighted by Gasteiger charge is 2.35. The molecule has 1 N–H and O–H groups in total. The SMILES string of the molecule is COC(=O)CN(C1CCCC1)S(=O)(=O)NC(C)(C)C. The maximum absolute atomic E-state index is 12.4. The van der Waals surface area contributed by atoms with Crippen LogP contribution >= 0.6 is 0 Å². The van der Waals surface area contributed by atoms with Crippen LogP contribution in [-0.2, 0) is 19.7 Å². The molecule has 0 spiro atoms. The van der Waals surface area contributed by atoms with Gasteiger partial charge in [-0.1, -0.05) is 12.8 Å². The molecule has 1 aliphatic rings. The van der Waals surface area contributed by atoms with E-state index in [0.717, 1.165) is 25.7 Å². The van der Waals surface area contributed by atoms with Crippen LogP contribution in [0.1, 0.15) is 46.5 Å². The molecule has 6 nitrogen and oxygen atoms in total. The number of nitrogens with zero attached hydrogens (tertiary/aromatic N) is 1. The van der Waals surface area contributed by atoms with Crippen LogP contribution < -0.4 is 4.72 Å². The zero-order valence-corrected chi connectivity index (χ0v) is 12.9. The molecule has 0 unspecified atom stereocenters. The maximum Gasteiger partial charge on any atom is 0.321 e. The first-order chi connectivity index (χ1) is 8.65. The highest BCUT2D eigenvalue weighted by Crippen LogP contribution is 2.25. The molecule has 0 heterocycles. The van der Waals surface area contributed by atoms with Crippen molar-refractivity contribution in [2.45, 2.75) is 58.0 Å². The van der Waals surface area contributed by atoms with Gasteiger partial charge in [0.1, 0.15) is 6.54 Å². The van der Waals surface area contributed by atoms with Crippen molar-refractivity contribution in [2.75, 3.05) is 13.7 Å². The molecule has 0 bridgehead atoms. The van der Waals surface area contributed by atoms with Gasteiger partial charge >= 0.3 is 5.97 Å². The minimum absolute atomic E-state index is 0.112. The summed E-state index contributed by atoms with van der Waals surface area (Å²) in [5.74, 6) is -0.536. The number of hydrogen-bond acceptors (Lipinski definition) is 4. The van der Waals surface area contributed by atoms with Crippen molar-refractivity contribution >= 4 is 16.2 Å². The summed E-state index contributed by atoms with van der Waals surface area (Å²) in [5.41, 5.74) is -0.578. The summed E-state index contributed by atoms with van der Waals surface area (Å²) in [6.45, 7) is 5.09. The number of carbonyl (C=O) groups excluding carboxylic acids is 1. The van der Waals surface area contributed by atoms with Gasteiger partial charge in [0.15, 0.2) is 0 Å². The van der Waals surface area contributed by atoms with Crippen molar-refractivity contribution < 1.29 is 17.9 Å². The molecule has 112 valence electrons. The molecule has 0 aromatic heterocycles. The third-order valence-corrected chi connectivity index (χ3v) is 4.90. The maximum atomic E-state index is 12.4. The smallest absolute Gasteiger partial charge is 0.321 e. The molecule has 1 rings (SSSR count). The average molecular weight is 292 g/mol. The predicted molar refractivity (Wildman–Crippen MR) is 72.8 cm³/mol. The molecule has 0 aromatic carbocycles. The van der Waals surface area contributed by atoms with Crippen molar-refractivity contribution in [1.29, 1.82) is 0 Å². The molecule has 1 saturated carbocycles. The first-order valence-corrected chi connectivity index (χ1v) is 7.97. The van der Waals surface area contributed by atoms with Crippen LogP contribution in [-0.4, -0.2) is 43.9 Å². The highest BCUT2D eigenvalue weighted by atomic mass is 32.2. The van der Waals surface area contributed by atoms with E-state index in [1.165, 1.54) is 11.4 Å². The number of nitrogens with one attached hydrogen (secondary N) is 1. The van der Waals surface area contributed by atoms with Crippen molar-refractivity contribution in [3.05, 3.63) is 0 Å². The first kappa shape index (κ1) is 16.4. The Morgan fingerprint density at radius 3 is 2.26 bits per heavy atom. The Kier molecular flexibility index (Phi) is 5.34. The Morgan fingerprint density at radius 1 is 1.32 bits per heavy atom. The van der Waals surface area contributed by atoms with E-state index in [0.29, 0.717) is 0 Å². The summed E-state index contributed by atoms with van der Waals surface area (Å²) in [4.78, 5) is 11.4. The van der Waals surface area contributed by atoms with Gasteiger partial charge in [0.2, 0.25) is 0 Å². The predicted octanol–water partition coefficient (Wildman–Crippen LogP) is 1.04. The molecule has 0 aliphatic heterocycles. The van der Waals surface area contributed by atoms with Gasteiger partial charge in [-0.05, 0) is 33.6 Å². The summed E-state index contributed by atoms with van der Waals surface area (Å²) in [5, 5.41) is 0. The van der Waals surface area contributed by atoms with E-state index in [4.69, 9.17) is 0 Å². The molecule has 1 fully saturated rings. The second-order valence-electron chi connectivity index (χ2n) is 5.92. The lowest BCUT2D eigenvalue weighted by Gasteiger charge is -2.30. The van der Waals surface area contributed by atoms with Crippen LogP contribution in [0.15, 0.2) is 0 Å². The van der Waals surface area contributed by atoms with Crippen molar-refractivity contribution in [2.24, 2.45) is 0 Å². The zero-order chi connectivity index (χ0) is 14.7. The lowest BCUT2D eigenvalue weighted by atomic mass is 10.1. The van der Waals surface area contributed by atoms with E-state index in [2.05, 4.69) is 9.46 Å². The van der Waals surface area contributed by atoms with Gasteiger partial charge in [-0.25, -0.2) is 0 Å². The quantitative estimate of drug-likeness (QED) is 0.768. The standard InChI is InChI=1S/C12H24N2O4S/c1-12(2,3)13-19(16,17)14(9-11(15)18-4)10-7-5-6-8-10/h10,13H,5-9H2,1-4H3. The lowest BCUT2D eigenvalue weighted by Crippen LogP contribution is -2.53. The summed E-state index contributed by atoms with van der Waals surface area (Å²) < 4.78 is 33.2. The van der Waals surface area contributed by atoms with E-state index < -0.39 is 21.7 Å². The van der Waals surface area contributed by atoms with E-state index >= 15 is 0 Å². The van der Waals surface area contributed by atoms with Gasteiger partial charge in [0.05, 0.1) is 7.11 Å². The summed E-state index contributed by atoms with van der Waals surface area (Å²) >= 11 is 0. The van der Waals surface area contributed by atoms with Crippen LogP contribution in [0.3, 0.4) is 0 Å². The van der Waals surface area contributed by atoms with Gasteiger partial charge in [-0.15, -0.1) is 0 Å². The Bertz CT molecular complexity index is 408. The zero-order valence-electron chi connectivity index (χ0n) is 12.1. The summed E-state index contributed by atoms with van der Waals surface area (Å²) in [6, 6.07) is -0.112. The van der Waals surface area contributed by atoms with E-state index in [1.807, 2.05) is 0 Å². The molecule has 7 heteroatoms. The minimum Gasteiger partial charge on any atom is -0.468 e. The molecular weight excluding hydrogens is 268 g/mol. The van der Waals surface area contributed by atoms with Crippen LogP contribution in [0.2, 0.25) is 0 Å². The normalized spacial score (nSPS) is 17.9. The third kappa shape index (κ3) is 5.08. The number of methoxy groups -OCH3 is 1. The number of esters is 1. The van der Waals surface area contributed by atoms with E-state index in [1.54, 1.807) is 20.8 Å². The van der Waals surface area contributed by atoms with E-state index in [9.17, 15) is 13.2 Å². The van der Waals surface area contributed by atoms with Crippen molar-refractivity contribution in [3.8, 4) is 0 Å². The molecule has 0 aromatic rings. The van der Waals surface area contributed by atoms with Gasteiger partial charge in [-0.3, -0.25) is 4.79 Å². The van der Waals surface area contributed by atoms with Crippen molar-refractivity contribution in [3.63, 3.8) is 0 Å². The topological polar surface area (TPSA) is 75.7 Å². The summed E-state index contributed by atoms with van der Waals surface area (Å²) in [6.07, 6.45) is 3.57. The van der Waals surface area contributed by atoms with E-state index in [-0.39, 0.29) is 12.6 Å². The van der Waals surface area contributed by atoms with Gasteiger partial charge in [0, 0.05) is 11.6 Å². The Hall–Kier alpha value is -0.660. The van der Waals surface area contributed by atoms with Gasteiger partial charge < -0.3 is 4.74 Å². The average Bonchev–Trinajstić information content (AvgIpc) is 2.74. The second-order valence-corrected chi connectivity index (χ2v) is 7.54. The third-order valence-electron chi connectivity index (χ3n) is 2.99. The van der Waals surface area contributed by atoms with Gasteiger partial charge in [-0.2, -0.15) is 17.4 Å². The summed E-state index contributed by atoms with van der Waals surface area (Å²) in [7, 11) is -2.42. The molecule has 0 radical (unpaired) electrons. The van der Waals surface area contributed by atoms with Crippen LogP contribution in [0.5, 0.6) is 0 Å². The molecular formula is C12H24N2O4S. The fraction of sp³-hybridized carbons (Fsp3) is 0.917. The molecule has 19 heavy (non-hydrogen) atoms. The minimum atomic E-state index is -3.69. The Balaban J connectivity index is 2.91. The largest absolute Gasteiger partial charge is 0.468 e. The monoisotopic (exact) mass is 292 g/mol. The number of hydrogen-bond donors (Lipinski definition) is 1. The first-order valence-electron chi connectivity index (χ1n) is 6.53. The second kappa shape index (κ2) is 6.19. The van der Waals surface area contributed by atoms with Crippen LogP contribution in [0.25, 0.3) is 0 Å². The molecule has 0 saturated heterocycles. The molecule has 1 aliphatic carbocycles. The molecule has 0 atom stereocenters. The Labute approximate surface area is 115 Å². The van der Waals surface area contributed by atoms with Crippen LogP contribution in [0, 0.1) is 0 Å². The van der Waals surface area contributed by atoms with Gasteiger partial charge in [0.25, 0.3) is 10.2 Å². The Morgan fingerprint density at radius 2 is 1.84 bits per heavy atom. The van der Waals surface area contributed by atoms with Crippen LogP contribution in [0.4, 0.5) is 0 Å². The fourth-order valence-corrected chi connectivity index (χ4v) is 4.01.